The summed E-state index contributed by atoms with van der Waals surface area (Å²) in [5.41, 5.74) is 0.741. The maximum absolute atomic E-state index is 11.0. The highest BCUT2D eigenvalue weighted by atomic mass is 16.6. The zero-order valence-electron chi connectivity index (χ0n) is 10.9. The number of hydrogen-bond donors (Lipinski definition) is 1. The van der Waals surface area contributed by atoms with Crippen LogP contribution in [0.1, 0.15) is 18.9 Å². The van der Waals surface area contributed by atoms with Crippen LogP contribution >= 0.6 is 0 Å². The predicted molar refractivity (Wildman–Crippen MR) is 68.3 cm³/mol. The van der Waals surface area contributed by atoms with Gasteiger partial charge in [-0.15, -0.1) is 0 Å². The molecular weight excluding hydrogens is 250 g/mol. The van der Waals surface area contributed by atoms with Gasteiger partial charge in [0.25, 0.3) is 0 Å². The van der Waals surface area contributed by atoms with E-state index in [2.05, 4.69) is 0 Å². The molecule has 0 heterocycles. The van der Waals surface area contributed by atoms with Gasteiger partial charge < -0.3 is 14.6 Å². The third-order valence-corrected chi connectivity index (χ3v) is 3.17. The van der Waals surface area contributed by atoms with Gasteiger partial charge in [0.1, 0.15) is 12.2 Å². The highest BCUT2D eigenvalue weighted by Crippen LogP contribution is 2.34. The number of ether oxygens (including phenoxy) is 2. The Morgan fingerprint density at radius 3 is 2.84 bits per heavy atom. The molecule has 1 aromatic rings. The molecule has 0 aliphatic heterocycles. The summed E-state index contributed by atoms with van der Waals surface area (Å²) >= 11 is 0. The molecule has 2 rings (SSSR count). The van der Waals surface area contributed by atoms with Crippen LogP contribution in [0.15, 0.2) is 18.2 Å². The minimum atomic E-state index is -0.561. The van der Waals surface area contributed by atoms with E-state index in [4.69, 9.17) is 9.47 Å². The van der Waals surface area contributed by atoms with Gasteiger partial charge in [0, 0.05) is 19.1 Å². The Morgan fingerprint density at radius 1 is 1.53 bits per heavy atom. The van der Waals surface area contributed by atoms with Crippen LogP contribution in [-0.2, 0) is 4.74 Å². The van der Waals surface area contributed by atoms with Crippen molar-refractivity contribution in [3.05, 3.63) is 33.9 Å². The van der Waals surface area contributed by atoms with E-state index in [-0.39, 0.29) is 17.5 Å². The summed E-state index contributed by atoms with van der Waals surface area (Å²) in [6.45, 7) is 4.08. The van der Waals surface area contributed by atoms with Gasteiger partial charge in [-0.3, -0.25) is 10.1 Å². The summed E-state index contributed by atoms with van der Waals surface area (Å²) in [5, 5.41) is 20.5. The van der Waals surface area contributed by atoms with Gasteiger partial charge in [0.2, 0.25) is 0 Å². The van der Waals surface area contributed by atoms with Crippen molar-refractivity contribution in [3.63, 3.8) is 0 Å². The second-order valence-electron chi connectivity index (χ2n) is 4.61. The van der Waals surface area contributed by atoms with Crippen LogP contribution < -0.4 is 4.74 Å². The molecule has 1 fully saturated rings. The maximum atomic E-state index is 11.0. The molecule has 19 heavy (non-hydrogen) atoms. The topological polar surface area (TPSA) is 81.8 Å². The van der Waals surface area contributed by atoms with Crippen molar-refractivity contribution in [2.24, 2.45) is 0 Å². The maximum Gasteiger partial charge on any atom is 0.311 e. The lowest BCUT2D eigenvalue weighted by Gasteiger charge is -2.40. The molecule has 0 radical (unpaired) electrons. The predicted octanol–water partition coefficient (Wildman–Crippen LogP) is 1.82. The van der Waals surface area contributed by atoms with Crippen molar-refractivity contribution in [1.82, 2.24) is 0 Å². The highest BCUT2D eigenvalue weighted by molar-refractivity contribution is 5.48. The summed E-state index contributed by atoms with van der Waals surface area (Å²) in [4.78, 5) is 10.5. The molecule has 6 nitrogen and oxygen atoms in total. The Labute approximate surface area is 111 Å². The van der Waals surface area contributed by atoms with Crippen molar-refractivity contribution < 1.29 is 19.5 Å². The largest absolute Gasteiger partial charge is 0.481 e. The number of rotatable bonds is 5. The fourth-order valence-corrected chi connectivity index (χ4v) is 2.12. The summed E-state index contributed by atoms with van der Waals surface area (Å²) in [5.74, 6) is 0.220. The first-order valence-electron chi connectivity index (χ1n) is 6.24. The zero-order chi connectivity index (χ0) is 14.0. The van der Waals surface area contributed by atoms with E-state index >= 15 is 0 Å². The van der Waals surface area contributed by atoms with Crippen molar-refractivity contribution in [3.8, 4) is 5.75 Å². The van der Waals surface area contributed by atoms with E-state index < -0.39 is 17.1 Å². The fraction of sp³-hybridized carbons (Fsp3) is 0.538. The number of nitro groups is 1. The molecule has 1 aliphatic rings. The van der Waals surface area contributed by atoms with Gasteiger partial charge in [-0.05, 0) is 25.5 Å². The SMILES string of the molecule is CCOC1C(O)CC1Oc1ccc(C)cc1[N+](=O)[O-]. The van der Waals surface area contributed by atoms with E-state index in [0.717, 1.165) is 5.56 Å². The molecule has 6 heteroatoms. The van der Waals surface area contributed by atoms with Crippen molar-refractivity contribution in [1.29, 1.82) is 0 Å². The van der Waals surface area contributed by atoms with Crippen LogP contribution in [-0.4, -0.2) is 34.9 Å². The standard InChI is InChI=1S/C13H17NO5/c1-3-18-13-10(15)7-12(13)19-11-5-4-8(2)6-9(11)14(16)17/h4-6,10,12-13,15H,3,7H2,1-2H3. The summed E-state index contributed by atoms with van der Waals surface area (Å²) < 4.78 is 11.0. The molecule has 0 aromatic heterocycles. The van der Waals surface area contributed by atoms with E-state index in [1.54, 1.807) is 19.1 Å². The molecule has 0 saturated heterocycles. The second kappa shape index (κ2) is 5.54. The number of aliphatic hydroxyl groups is 1. The first-order valence-corrected chi connectivity index (χ1v) is 6.24. The molecule has 3 unspecified atom stereocenters. The third kappa shape index (κ3) is 2.85. The lowest BCUT2D eigenvalue weighted by molar-refractivity contribution is -0.386. The van der Waals surface area contributed by atoms with E-state index in [0.29, 0.717) is 13.0 Å². The quantitative estimate of drug-likeness (QED) is 0.650. The van der Waals surface area contributed by atoms with Gasteiger partial charge in [0.15, 0.2) is 5.75 Å². The van der Waals surface area contributed by atoms with Crippen LogP contribution in [0.2, 0.25) is 0 Å². The fourth-order valence-electron chi connectivity index (χ4n) is 2.12. The molecule has 0 bridgehead atoms. The minimum Gasteiger partial charge on any atom is -0.481 e. The van der Waals surface area contributed by atoms with Crippen LogP contribution in [0.3, 0.4) is 0 Å². The van der Waals surface area contributed by atoms with Crippen LogP contribution in [0.4, 0.5) is 5.69 Å². The molecule has 1 N–H and O–H groups in total. The summed E-state index contributed by atoms with van der Waals surface area (Å²) in [6.07, 6.45) is -0.882. The lowest BCUT2D eigenvalue weighted by atomic mass is 9.88. The second-order valence-corrected chi connectivity index (χ2v) is 4.61. The molecule has 1 aliphatic carbocycles. The van der Waals surface area contributed by atoms with Gasteiger partial charge in [-0.25, -0.2) is 0 Å². The van der Waals surface area contributed by atoms with Gasteiger partial charge in [0.05, 0.1) is 11.0 Å². The van der Waals surface area contributed by atoms with Crippen LogP contribution in [0.5, 0.6) is 5.75 Å². The number of nitrogens with zero attached hydrogens (tertiary/aromatic N) is 1. The third-order valence-electron chi connectivity index (χ3n) is 3.17. The van der Waals surface area contributed by atoms with E-state index in [1.807, 2.05) is 6.92 Å². The molecule has 1 aromatic carbocycles. The molecule has 3 atom stereocenters. The first kappa shape index (κ1) is 13.8. The van der Waals surface area contributed by atoms with E-state index in [1.165, 1.54) is 6.07 Å². The molecular formula is C13H17NO5. The van der Waals surface area contributed by atoms with Gasteiger partial charge in [-0.1, -0.05) is 6.07 Å². The molecule has 0 amide bonds. The normalized spacial score (nSPS) is 25.7. The summed E-state index contributed by atoms with van der Waals surface area (Å²) in [7, 11) is 0. The van der Waals surface area contributed by atoms with Crippen molar-refractivity contribution >= 4 is 5.69 Å². The Bertz CT molecular complexity index is 476. The average Bonchev–Trinajstić information content (AvgIpc) is 2.37. The first-order chi connectivity index (χ1) is 9.02. The zero-order valence-corrected chi connectivity index (χ0v) is 10.9. The Morgan fingerprint density at radius 2 is 2.26 bits per heavy atom. The van der Waals surface area contributed by atoms with Crippen LogP contribution in [0.25, 0.3) is 0 Å². The molecule has 0 spiro atoms. The minimum absolute atomic E-state index is 0.0587. The summed E-state index contributed by atoms with van der Waals surface area (Å²) in [6, 6.07) is 4.81. The van der Waals surface area contributed by atoms with E-state index in [9.17, 15) is 15.2 Å². The highest BCUT2D eigenvalue weighted by Gasteiger charge is 2.43. The molecule has 1 saturated carbocycles. The van der Waals surface area contributed by atoms with Gasteiger partial charge >= 0.3 is 5.69 Å². The smallest absolute Gasteiger partial charge is 0.311 e. The number of benzene rings is 1. The lowest BCUT2D eigenvalue weighted by Crippen LogP contribution is -2.55. The van der Waals surface area contributed by atoms with Gasteiger partial charge in [-0.2, -0.15) is 0 Å². The number of aliphatic hydroxyl groups excluding tert-OH is 1. The van der Waals surface area contributed by atoms with Crippen molar-refractivity contribution in [2.75, 3.05) is 6.61 Å². The van der Waals surface area contributed by atoms with Crippen LogP contribution in [0, 0.1) is 17.0 Å². The number of aryl methyl sites for hydroxylation is 1. The molecule has 104 valence electrons. The Balaban J connectivity index is 2.13. The monoisotopic (exact) mass is 267 g/mol. The Hall–Kier alpha value is -1.66. The Kier molecular flexibility index (Phi) is 4.01. The van der Waals surface area contributed by atoms with Crippen molar-refractivity contribution in [2.45, 2.75) is 38.6 Å². The average molecular weight is 267 g/mol. The number of hydrogen-bond acceptors (Lipinski definition) is 5. The number of nitro benzene ring substituents is 1.